The second-order valence-electron chi connectivity index (χ2n) is 5.53. The number of hydrogen-bond acceptors (Lipinski definition) is 4. The summed E-state index contributed by atoms with van der Waals surface area (Å²) in [4.78, 5) is 23.5. The van der Waals surface area contributed by atoms with Crippen molar-refractivity contribution in [1.82, 2.24) is 5.32 Å². The van der Waals surface area contributed by atoms with Crippen LogP contribution >= 0.6 is 15.9 Å². The topological polar surface area (TPSA) is 78.5 Å². The summed E-state index contributed by atoms with van der Waals surface area (Å²) in [5.74, 6) is -0.874. The van der Waals surface area contributed by atoms with E-state index in [2.05, 4.69) is 21.2 Å². The van der Waals surface area contributed by atoms with Gasteiger partial charge in [-0.2, -0.15) is 0 Å². The van der Waals surface area contributed by atoms with Crippen molar-refractivity contribution in [2.75, 3.05) is 6.61 Å². The molecule has 1 N–H and O–H groups in total. The number of carboxylic acid groups (broad SMARTS) is 1. The first kappa shape index (κ1) is 19.0. The normalized spacial score (nSPS) is 11.6. The summed E-state index contributed by atoms with van der Waals surface area (Å²) in [5.41, 5.74) is 1.12. The highest BCUT2D eigenvalue weighted by atomic mass is 79.9. The maximum absolute atomic E-state index is 12.4. The van der Waals surface area contributed by atoms with Crippen LogP contribution in [0.15, 0.2) is 53.0 Å². The van der Waals surface area contributed by atoms with Gasteiger partial charge in [-0.1, -0.05) is 41.1 Å². The fourth-order valence-electron chi connectivity index (χ4n) is 2.31. The molecule has 0 bridgehead atoms. The van der Waals surface area contributed by atoms with Crippen molar-refractivity contribution in [1.29, 1.82) is 0 Å². The van der Waals surface area contributed by atoms with Gasteiger partial charge in [0.15, 0.2) is 0 Å². The van der Waals surface area contributed by atoms with Crippen LogP contribution in [0.2, 0.25) is 0 Å². The van der Waals surface area contributed by atoms with Crippen LogP contribution in [0.25, 0.3) is 0 Å². The minimum Gasteiger partial charge on any atom is -0.550 e. The quantitative estimate of drug-likeness (QED) is 0.733. The van der Waals surface area contributed by atoms with E-state index in [1.165, 1.54) is 0 Å². The Labute approximate surface area is 155 Å². The van der Waals surface area contributed by atoms with E-state index in [4.69, 9.17) is 4.74 Å². The Bertz CT molecular complexity index is 730. The smallest absolute Gasteiger partial charge is 0.251 e. The van der Waals surface area contributed by atoms with Crippen molar-refractivity contribution in [3.05, 3.63) is 64.1 Å². The van der Waals surface area contributed by atoms with E-state index < -0.39 is 12.0 Å². The average Bonchev–Trinajstić information content (AvgIpc) is 2.59. The maximum Gasteiger partial charge on any atom is 0.251 e. The van der Waals surface area contributed by atoms with Gasteiger partial charge in [0.2, 0.25) is 0 Å². The number of ether oxygens (including phenoxy) is 1. The molecule has 0 aromatic heterocycles. The largest absolute Gasteiger partial charge is 0.550 e. The van der Waals surface area contributed by atoms with Crippen LogP contribution in [0.4, 0.5) is 0 Å². The summed E-state index contributed by atoms with van der Waals surface area (Å²) in [5, 5.41) is 13.8. The minimum atomic E-state index is -1.23. The third-order valence-electron chi connectivity index (χ3n) is 3.52. The molecule has 0 heterocycles. The van der Waals surface area contributed by atoms with Gasteiger partial charge in [-0.05, 0) is 42.3 Å². The van der Waals surface area contributed by atoms with Gasteiger partial charge < -0.3 is 20.0 Å². The lowest BCUT2D eigenvalue weighted by Crippen LogP contribution is -2.34. The van der Waals surface area contributed by atoms with Crippen LogP contribution in [-0.4, -0.2) is 18.5 Å². The Morgan fingerprint density at radius 1 is 1.20 bits per heavy atom. The summed E-state index contributed by atoms with van der Waals surface area (Å²) in [6, 6.07) is 13.2. The van der Waals surface area contributed by atoms with Crippen molar-refractivity contribution < 1.29 is 19.4 Å². The molecule has 0 saturated heterocycles. The molecule has 1 unspecified atom stereocenters. The highest BCUT2D eigenvalue weighted by molar-refractivity contribution is 9.10. The Morgan fingerprint density at radius 3 is 2.52 bits per heavy atom. The SMILES string of the molecule is CCCOc1ccc(C(CC(=O)[O-])NC(=O)c2cccc(Br)c2)cc1. The summed E-state index contributed by atoms with van der Waals surface area (Å²) in [7, 11) is 0. The average molecular weight is 405 g/mol. The molecule has 2 rings (SSSR count). The lowest BCUT2D eigenvalue weighted by Gasteiger charge is -2.20. The molecule has 0 spiro atoms. The first-order valence-electron chi connectivity index (χ1n) is 7.98. The number of amides is 1. The van der Waals surface area contributed by atoms with Crippen molar-refractivity contribution >= 4 is 27.8 Å². The molecule has 1 amide bonds. The fraction of sp³-hybridized carbons (Fsp3) is 0.263. The molecular weight excluding hydrogens is 386 g/mol. The molecule has 25 heavy (non-hydrogen) atoms. The molecule has 6 heteroatoms. The van der Waals surface area contributed by atoms with E-state index >= 15 is 0 Å². The van der Waals surface area contributed by atoms with Crippen molar-refractivity contribution in [2.24, 2.45) is 0 Å². The molecule has 0 fully saturated rings. The summed E-state index contributed by atoms with van der Waals surface area (Å²) in [6.07, 6.45) is 0.590. The standard InChI is InChI=1S/C19H20BrNO4/c1-2-10-25-16-8-6-13(7-9-16)17(12-18(22)23)21-19(24)14-4-3-5-15(20)11-14/h3-9,11,17H,2,10,12H2,1H3,(H,21,24)(H,22,23)/p-1. The van der Waals surface area contributed by atoms with Gasteiger partial charge in [0.25, 0.3) is 5.91 Å². The zero-order valence-electron chi connectivity index (χ0n) is 13.8. The Balaban J connectivity index is 2.15. The predicted molar refractivity (Wildman–Crippen MR) is 96.2 cm³/mol. The monoisotopic (exact) mass is 404 g/mol. The van der Waals surface area contributed by atoms with E-state index in [9.17, 15) is 14.7 Å². The van der Waals surface area contributed by atoms with Crippen molar-refractivity contribution in [2.45, 2.75) is 25.8 Å². The van der Waals surface area contributed by atoms with Crippen molar-refractivity contribution in [3.63, 3.8) is 0 Å². The van der Waals surface area contributed by atoms with E-state index in [1.807, 2.05) is 13.0 Å². The van der Waals surface area contributed by atoms with E-state index in [0.717, 1.165) is 10.9 Å². The molecule has 0 aliphatic rings. The number of benzene rings is 2. The Kier molecular flexibility index (Phi) is 7.01. The highest BCUT2D eigenvalue weighted by Crippen LogP contribution is 2.21. The molecule has 5 nitrogen and oxygen atoms in total. The van der Waals surface area contributed by atoms with E-state index in [0.29, 0.717) is 23.5 Å². The minimum absolute atomic E-state index is 0.311. The summed E-state index contributed by atoms with van der Waals surface area (Å²) >= 11 is 3.31. The highest BCUT2D eigenvalue weighted by Gasteiger charge is 2.16. The number of carbonyl (C=O) groups excluding carboxylic acids is 2. The number of hydrogen-bond donors (Lipinski definition) is 1. The third-order valence-corrected chi connectivity index (χ3v) is 4.01. The molecule has 132 valence electrons. The molecule has 1 atom stereocenters. The molecule has 0 aliphatic heterocycles. The number of aliphatic carboxylic acids is 1. The Hall–Kier alpha value is -2.34. The molecular formula is C19H19BrNO4-. The fourth-order valence-corrected chi connectivity index (χ4v) is 2.71. The van der Waals surface area contributed by atoms with Gasteiger partial charge in [0, 0.05) is 22.4 Å². The lowest BCUT2D eigenvalue weighted by molar-refractivity contribution is -0.306. The molecule has 0 radical (unpaired) electrons. The number of carboxylic acids is 1. The van der Waals surface area contributed by atoms with Crippen LogP contribution in [-0.2, 0) is 4.79 Å². The summed E-state index contributed by atoms with van der Waals surface area (Å²) in [6.45, 7) is 2.63. The number of carbonyl (C=O) groups is 2. The summed E-state index contributed by atoms with van der Waals surface area (Å²) < 4.78 is 6.29. The van der Waals surface area contributed by atoms with Gasteiger partial charge in [0.05, 0.1) is 12.6 Å². The zero-order valence-corrected chi connectivity index (χ0v) is 15.4. The number of nitrogens with one attached hydrogen (secondary N) is 1. The van der Waals surface area contributed by atoms with Gasteiger partial charge in [-0.25, -0.2) is 0 Å². The third kappa shape index (κ3) is 5.90. The molecule has 2 aromatic carbocycles. The van der Waals surface area contributed by atoms with Gasteiger partial charge in [0.1, 0.15) is 5.75 Å². The first-order chi connectivity index (χ1) is 12.0. The Morgan fingerprint density at radius 2 is 1.92 bits per heavy atom. The van der Waals surface area contributed by atoms with Gasteiger partial charge in [-0.15, -0.1) is 0 Å². The van der Waals surface area contributed by atoms with Crippen LogP contribution < -0.4 is 15.2 Å². The van der Waals surface area contributed by atoms with E-state index in [1.54, 1.807) is 42.5 Å². The first-order valence-corrected chi connectivity index (χ1v) is 8.78. The molecule has 0 saturated carbocycles. The molecule has 2 aromatic rings. The van der Waals surface area contributed by atoms with Crippen LogP contribution in [0.3, 0.4) is 0 Å². The second-order valence-corrected chi connectivity index (χ2v) is 6.45. The van der Waals surface area contributed by atoms with Crippen LogP contribution in [0.1, 0.15) is 41.7 Å². The van der Waals surface area contributed by atoms with Gasteiger partial charge in [-0.3, -0.25) is 4.79 Å². The zero-order chi connectivity index (χ0) is 18.2. The van der Waals surface area contributed by atoms with Crippen molar-refractivity contribution in [3.8, 4) is 5.75 Å². The maximum atomic E-state index is 12.4. The van der Waals surface area contributed by atoms with Crippen LogP contribution in [0, 0.1) is 0 Å². The van der Waals surface area contributed by atoms with Crippen LogP contribution in [0.5, 0.6) is 5.75 Å². The number of rotatable bonds is 8. The number of halogens is 1. The van der Waals surface area contributed by atoms with E-state index in [-0.39, 0.29) is 12.3 Å². The molecule has 0 aliphatic carbocycles. The predicted octanol–water partition coefficient (Wildman–Crippen LogP) is 2.85. The second kappa shape index (κ2) is 9.22. The van der Waals surface area contributed by atoms with Gasteiger partial charge >= 0.3 is 0 Å². The lowest BCUT2D eigenvalue weighted by atomic mass is 10.0.